The number of aliphatic hydroxyl groups excluding tert-OH is 1. The van der Waals surface area contributed by atoms with Gasteiger partial charge >= 0.3 is 0 Å². The Labute approximate surface area is 135 Å². The number of ketones is 1. The largest absolute Gasteiger partial charge is 0.503 e. The van der Waals surface area contributed by atoms with Crippen molar-refractivity contribution in [3.8, 4) is 0 Å². The topological polar surface area (TPSA) is 70.8 Å². The van der Waals surface area contributed by atoms with Crippen LogP contribution in [0.25, 0.3) is 0 Å². The normalized spacial score (nSPS) is 17.7. The number of Topliss-reactive ketones (excluding diaryl/α,β-unsaturated/α-hetero) is 1. The lowest BCUT2D eigenvalue weighted by Gasteiger charge is -2.24. The summed E-state index contributed by atoms with van der Waals surface area (Å²) in [7, 11) is 0. The Hall–Kier alpha value is -2.96. The molecule has 1 aromatic heterocycles. The number of rotatable bonds is 4. The smallest absolute Gasteiger partial charge is 0.294 e. The van der Waals surface area contributed by atoms with Crippen molar-refractivity contribution in [3.63, 3.8) is 0 Å². The maximum Gasteiger partial charge on any atom is 0.294 e. The molecule has 0 radical (unpaired) electrons. The molecule has 0 aliphatic carbocycles. The van der Waals surface area contributed by atoms with E-state index < -0.39 is 35.1 Å². The predicted molar refractivity (Wildman–Crippen MR) is 80.2 cm³/mol. The summed E-state index contributed by atoms with van der Waals surface area (Å²) in [5.74, 6) is -4.01. The summed E-state index contributed by atoms with van der Waals surface area (Å²) < 4.78 is 32.0. The fourth-order valence-electron chi connectivity index (χ4n) is 2.70. The van der Waals surface area contributed by atoms with E-state index in [4.69, 9.17) is 4.42 Å². The molecule has 0 spiro atoms. The van der Waals surface area contributed by atoms with E-state index >= 15 is 0 Å². The van der Waals surface area contributed by atoms with E-state index in [0.29, 0.717) is 0 Å². The number of furan rings is 1. The van der Waals surface area contributed by atoms with Gasteiger partial charge in [-0.1, -0.05) is 6.92 Å². The van der Waals surface area contributed by atoms with Gasteiger partial charge < -0.3 is 9.52 Å². The van der Waals surface area contributed by atoms with E-state index in [-0.39, 0.29) is 23.4 Å². The van der Waals surface area contributed by atoms with Gasteiger partial charge in [-0.3, -0.25) is 14.5 Å². The van der Waals surface area contributed by atoms with Crippen LogP contribution in [-0.2, 0) is 9.59 Å². The molecule has 124 valence electrons. The summed E-state index contributed by atoms with van der Waals surface area (Å²) in [4.78, 5) is 25.7. The molecule has 1 amide bonds. The molecular weight excluding hydrogens is 320 g/mol. The molecular formula is C17H13F2NO4. The van der Waals surface area contributed by atoms with Crippen molar-refractivity contribution in [2.45, 2.75) is 19.4 Å². The second-order valence-corrected chi connectivity index (χ2v) is 5.23. The lowest BCUT2D eigenvalue weighted by Crippen LogP contribution is -2.30. The number of anilines is 1. The maximum atomic E-state index is 13.6. The number of hydrogen-bond acceptors (Lipinski definition) is 4. The molecule has 7 heteroatoms. The third-order valence-corrected chi connectivity index (χ3v) is 3.82. The molecule has 0 saturated carbocycles. The standard InChI is InChI=1S/C17H13F2NO4/c1-2-12(21)14-15(13-4-3-7-24-13)20(17(23)16(14)22)9-5-6-10(18)11(19)8-9/h3-8,15,22H,2H2,1H3. The van der Waals surface area contributed by atoms with Crippen molar-refractivity contribution < 1.29 is 27.9 Å². The van der Waals surface area contributed by atoms with Crippen LogP contribution in [0.5, 0.6) is 0 Å². The molecule has 2 aromatic rings. The molecule has 0 saturated heterocycles. The van der Waals surface area contributed by atoms with Crippen LogP contribution in [-0.4, -0.2) is 16.8 Å². The van der Waals surface area contributed by atoms with Crippen LogP contribution >= 0.6 is 0 Å². The van der Waals surface area contributed by atoms with Gasteiger partial charge in [-0.2, -0.15) is 0 Å². The van der Waals surface area contributed by atoms with Gasteiger partial charge in [0.2, 0.25) is 0 Å². The van der Waals surface area contributed by atoms with E-state index in [1.54, 1.807) is 13.0 Å². The molecule has 1 N–H and O–H groups in total. The first kappa shape index (κ1) is 15.9. The van der Waals surface area contributed by atoms with Gasteiger partial charge in [-0.05, 0) is 24.3 Å². The van der Waals surface area contributed by atoms with Crippen LogP contribution in [0.3, 0.4) is 0 Å². The Morgan fingerprint density at radius 2 is 2.04 bits per heavy atom. The SMILES string of the molecule is CCC(=O)C1=C(O)C(=O)N(c2ccc(F)c(F)c2)C1c1ccco1. The quantitative estimate of drug-likeness (QED) is 0.930. The highest BCUT2D eigenvalue weighted by atomic mass is 19.2. The van der Waals surface area contributed by atoms with Gasteiger partial charge in [0.1, 0.15) is 11.8 Å². The van der Waals surface area contributed by atoms with Crippen molar-refractivity contribution in [1.82, 2.24) is 0 Å². The van der Waals surface area contributed by atoms with Crippen LogP contribution in [0.2, 0.25) is 0 Å². The third kappa shape index (κ3) is 2.38. The molecule has 1 unspecified atom stereocenters. The summed E-state index contributed by atoms with van der Waals surface area (Å²) in [5, 5.41) is 10.1. The van der Waals surface area contributed by atoms with Crippen molar-refractivity contribution in [1.29, 1.82) is 0 Å². The number of carbonyl (C=O) groups is 2. The molecule has 0 fully saturated rings. The minimum atomic E-state index is -1.15. The molecule has 3 rings (SSSR count). The number of halogens is 2. The number of nitrogens with zero attached hydrogens (tertiary/aromatic N) is 1. The second kappa shape index (κ2) is 5.92. The van der Waals surface area contributed by atoms with E-state index in [2.05, 4.69) is 0 Å². The average Bonchev–Trinajstić information content (AvgIpc) is 3.17. The van der Waals surface area contributed by atoms with Crippen molar-refractivity contribution in [2.75, 3.05) is 4.90 Å². The fourth-order valence-corrected chi connectivity index (χ4v) is 2.70. The Balaban J connectivity index is 2.16. The highest BCUT2D eigenvalue weighted by Crippen LogP contribution is 2.41. The molecule has 0 bridgehead atoms. The number of aliphatic hydroxyl groups is 1. The zero-order valence-corrected chi connectivity index (χ0v) is 12.6. The average molecular weight is 333 g/mol. The van der Waals surface area contributed by atoms with Gasteiger partial charge in [-0.15, -0.1) is 0 Å². The van der Waals surface area contributed by atoms with Crippen LogP contribution in [0.15, 0.2) is 52.3 Å². The van der Waals surface area contributed by atoms with Crippen molar-refractivity contribution >= 4 is 17.4 Å². The molecule has 1 aliphatic rings. The number of carbonyl (C=O) groups excluding carboxylic acids is 2. The van der Waals surface area contributed by atoms with E-state index in [0.717, 1.165) is 17.0 Å². The summed E-state index contributed by atoms with van der Waals surface area (Å²) in [6.45, 7) is 1.59. The zero-order chi connectivity index (χ0) is 17.4. The van der Waals surface area contributed by atoms with E-state index in [9.17, 15) is 23.5 Å². The zero-order valence-electron chi connectivity index (χ0n) is 12.6. The second-order valence-electron chi connectivity index (χ2n) is 5.23. The van der Waals surface area contributed by atoms with Gasteiger partial charge in [0.25, 0.3) is 5.91 Å². The summed E-state index contributed by atoms with van der Waals surface area (Å²) >= 11 is 0. The summed E-state index contributed by atoms with van der Waals surface area (Å²) in [6, 6.07) is 4.95. The first-order chi connectivity index (χ1) is 11.5. The van der Waals surface area contributed by atoms with Crippen molar-refractivity contribution in [3.05, 3.63) is 65.3 Å². The maximum absolute atomic E-state index is 13.6. The van der Waals surface area contributed by atoms with Gasteiger partial charge in [-0.25, -0.2) is 8.78 Å². The highest BCUT2D eigenvalue weighted by Gasteiger charge is 2.45. The number of benzene rings is 1. The molecule has 2 heterocycles. The van der Waals surface area contributed by atoms with Crippen LogP contribution in [0.1, 0.15) is 25.1 Å². The van der Waals surface area contributed by atoms with Gasteiger partial charge in [0, 0.05) is 18.2 Å². The number of hydrogen-bond donors (Lipinski definition) is 1. The van der Waals surface area contributed by atoms with Crippen LogP contribution in [0.4, 0.5) is 14.5 Å². The van der Waals surface area contributed by atoms with E-state index in [1.807, 2.05) is 0 Å². The van der Waals surface area contributed by atoms with E-state index in [1.165, 1.54) is 18.4 Å². The third-order valence-electron chi connectivity index (χ3n) is 3.82. The predicted octanol–water partition coefficient (Wildman–Crippen LogP) is 3.44. The number of amides is 1. The lowest BCUT2D eigenvalue weighted by molar-refractivity contribution is -0.118. The Kier molecular flexibility index (Phi) is 3.92. The Morgan fingerprint density at radius 1 is 1.29 bits per heavy atom. The molecule has 24 heavy (non-hydrogen) atoms. The van der Waals surface area contributed by atoms with Gasteiger partial charge in [0.15, 0.2) is 23.2 Å². The molecule has 1 atom stereocenters. The Morgan fingerprint density at radius 3 is 2.62 bits per heavy atom. The highest BCUT2D eigenvalue weighted by molar-refractivity contribution is 6.16. The van der Waals surface area contributed by atoms with Crippen LogP contribution < -0.4 is 4.90 Å². The Bertz CT molecular complexity index is 842. The first-order valence-corrected chi connectivity index (χ1v) is 7.24. The first-order valence-electron chi connectivity index (χ1n) is 7.24. The lowest BCUT2D eigenvalue weighted by atomic mass is 9.99. The molecule has 1 aromatic carbocycles. The van der Waals surface area contributed by atoms with Crippen molar-refractivity contribution in [2.24, 2.45) is 0 Å². The molecule has 1 aliphatic heterocycles. The minimum Gasteiger partial charge on any atom is -0.503 e. The van der Waals surface area contributed by atoms with Crippen LogP contribution in [0, 0.1) is 11.6 Å². The minimum absolute atomic E-state index is 0.00533. The van der Waals surface area contributed by atoms with Gasteiger partial charge in [0.05, 0.1) is 11.8 Å². The molecule has 5 nitrogen and oxygen atoms in total. The summed E-state index contributed by atoms with van der Waals surface area (Å²) in [6.07, 6.45) is 1.42. The monoisotopic (exact) mass is 333 g/mol. The fraction of sp³-hybridized carbons (Fsp3) is 0.176. The summed E-state index contributed by atoms with van der Waals surface area (Å²) in [5.41, 5.74) is -0.118.